The first kappa shape index (κ1) is 15.2. The molecule has 0 aliphatic heterocycles. The summed E-state index contributed by atoms with van der Waals surface area (Å²) in [5, 5.41) is 14.9. The summed E-state index contributed by atoms with van der Waals surface area (Å²) in [6, 6.07) is 30.1. The van der Waals surface area contributed by atoms with Crippen molar-refractivity contribution in [2.45, 2.75) is 0 Å². The van der Waals surface area contributed by atoms with Gasteiger partial charge in [0.2, 0.25) is 0 Å². The van der Waals surface area contributed by atoms with E-state index in [2.05, 4.69) is 59.6 Å². The second-order valence-corrected chi connectivity index (χ2v) is 5.93. The van der Waals surface area contributed by atoms with Crippen LogP contribution in [0, 0.1) is 0 Å². The summed E-state index contributed by atoms with van der Waals surface area (Å²) in [6.45, 7) is 0. The molecule has 1 aromatic heterocycles. The van der Waals surface area contributed by atoms with Crippen molar-refractivity contribution in [3.63, 3.8) is 0 Å². The second-order valence-electron chi connectivity index (χ2n) is 5.93. The van der Waals surface area contributed by atoms with Crippen LogP contribution in [0.25, 0.3) is 32.4 Å². The molecular formula is C23H17NO. The van der Waals surface area contributed by atoms with Crippen LogP contribution in [0.2, 0.25) is 0 Å². The number of fused-ring (bicyclic) bond motifs is 3. The van der Waals surface area contributed by atoms with Crippen molar-refractivity contribution in [3.05, 3.63) is 97.2 Å². The van der Waals surface area contributed by atoms with E-state index in [1.54, 1.807) is 24.3 Å². The largest absolute Gasteiger partial charge is 0.508 e. The molecule has 5 aromatic rings. The van der Waals surface area contributed by atoms with Gasteiger partial charge in [-0.25, -0.2) is 0 Å². The van der Waals surface area contributed by atoms with E-state index in [9.17, 15) is 0 Å². The Morgan fingerprint density at radius 2 is 1.08 bits per heavy atom. The molecule has 2 nitrogen and oxygen atoms in total. The van der Waals surface area contributed by atoms with E-state index < -0.39 is 0 Å². The molecule has 0 saturated heterocycles. The molecule has 0 amide bonds. The fourth-order valence-electron chi connectivity index (χ4n) is 2.94. The minimum atomic E-state index is 0.322. The Balaban J connectivity index is 0.000000190. The molecule has 1 N–H and O–H groups in total. The fraction of sp³-hybridized carbons (Fsp3) is 0. The molecule has 0 bridgehead atoms. The lowest BCUT2D eigenvalue weighted by atomic mass is 10.0. The summed E-state index contributed by atoms with van der Waals surface area (Å²) in [6.07, 6.45) is 1.84. The average Bonchev–Trinajstić information content (AvgIpc) is 2.66. The summed E-state index contributed by atoms with van der Waals surface area (Å²) in [7, 11) is 0. The maximum atomic E-state index is 8.63. The zero-order chi connectivity index (χ0) is 17.1. The van der Waals surface area contributed by atoms with Crippen molar-refractivity contribution < 1.29 is 5.11 Å². The van der Waals surface area contributed by atoms with E-state index in [-0.39, 0.29) is 0 Å². The summed E-state index contributed by atoms with van der Waals surface area (Å²) in [4.78, 5) is 4.41. The standard InChI is InChI=1S/C17H11N.C6H6O/c1-2-5-13-9-16-11-17-14(6-3-7-18-17)10-15(16)8-12(13)4-1;7-6-4-2-1-3-5-6/h1-11H;1-5,7H. The molecule has 0 fully saturated rings. The van der Waals surface area contributed by atoms with Gasteiger partial charge in [0.1, 0.15) is 5.75 Å². The quantitative estimate of drug-likeness (QED) is 0.358. The lowest BCUT2D eigenvalue weighted by Gasteiger charge is -2.04. The molecule has 0 aliphatic rings. The average molecular weight is 323 g/mol. The molecule has 4 aromatic carbocycles. The molecule has 25 heavy (non-hydrogen) atoms. The van der Waals surface area contributed by atoms with E-state index in [1.807, 2.05) is 18.3 Å². The number of benzene rings is 4. The highest BCUT2D eigenvalue weighted by Crippen LogP contribution is 2.26. The third kappa shape index (κ3) is 3.29. The van der Waals surface area contributed by atoms with E-state index in [0.29, 0.717) is 5.75 Å². The Bertz CT molecular complexity index is 1010. The van der Waals surface area contributed by atoms with Crippen LogP contribution in [0.15, 0.2) is 97.2 Å². The van der Waals surface area contributed by atoms with Crippen LogP contribution in [0.5, 0.6) is 5.75 Å². The number of nitrogens with zero attached hydrogens (tertiary/aromatic N) is 1. The Hall–Kier alpha value is -3.39. The van der Waals surface area contributed by atoms with Crippen molar-refractivity contribution in [1.82, 2.24) is 4.98 Å². The number of para-hydroxylation sites is 1. The number of hydrogen-bond donors (Lipinski definition) is 1. The monoisotopic (exact) mass is 323 g/mol. The third-order valence-corrected chi connectivity index (χ3v) is 4.18. The minimum absolute atomic E-state index is 0.322. The number of phenolic OH excluding ortho intramolecular Hbond substituents is 1. The van der Waals surface area contributed by atoms with Gasteiger partial charge in [0.15, 0.2) is 0 Å². The Morgan fingerprint density at radius 3 is 1.72 bits per heavy atom. The predicted octanol–water partition coefficient (Wildman–Crippen LogP) is 5.93. The summed E-state index contributed by atoms with van der Waals surface area (Å²) in [5.74, 6) is 0.322. The summed E-state index contributed by atoms with van der Waals surface area (Å²) < 4.78 is 0. The molecule has 5 rings (SSSR count). The van der Waals surface area contributed by atoms with Gasteiger partial charge in [-0.05, 0) is 64.0 Å². The maximum absolute atomic E-state index is 8.63. The van der Waals surface area contributed by atoms with Crippen LogP contribution in [-0.4, -0.2) is 10.1 Å². The zero-order valence-corrected chi connectivity index (χ0v) is 13.6. The van der Waals surface area contributed by atoms with Crippen molar-refractivity contribution in [2.75, 3.05) is 0 Å². The van der Waals surface area contributed by atoms with Gasteiger partial charge in [-0.15, -0.1) is 0 Å². The van der Waals surface area contributed by atoms with Crippen molar-refractivity contribution in [3.8, 4) is 5.75 Å². The van der Waals surface area contributed by atoms with Crippen molar-refractivity contribution in [2.24, 2.45) is 0 Å². The molecule has 0 aliphatic carbocycles. The molecule has 0 spiro atoms. The highest BCUT2D eigenvalue weighted by molar-refractivity contribution is 6.03. The smallest absolute Gasteiger partial charge is 0.115 e. The van der Waals surface area contributed by atoms with Crippen LogP contribution in [-0.2, 0) is 0 Å². The van der Waals surface area contributed by atoms with Crippen molar-refractivity contribution in [1.29, 1.82) is 0 Å². The number of aromatic hydroxyl groups is 1. The van der Waals surface area contributed by atoms with Crippen LogP contribution in [0.4, 0.5) is 0 Å². The third-order valence-electron chi connectivity index (χ3n) is 4.18. The lowest BCUT2D eigenvalue weighted by molar-refractivity contribution is 0.475. The first-order chi connectivity index (χ1) is 12.3. The van der Waals surface area contributed by atoms with Gasteiger partial charge in [0, 0.05) is 11.6 Å². The van der Waals surface area contributed by atoms with E-state index in [4.69, 9.17) is 5.11 Å². The first-order valence-electron chi connectivity index (χ1n) is 8.21. The van der Waals surface area contributed by atoms with Crippen LogP contribution in [0.1, 0.15) is 0 Å². The molecule has 2 heteroatoms. The highest BCUT2D eigenvalue weighted by atomic mass is 16.3. The predicted molar refractivity (Wildman–Crippen MR) is 105 cm³/mol. The molecule has 0 saturated carbocycles. The SMILES string of the molecule is Oc1ccccc1.c1ccc2cc3cc4ncccc4cc3cc2c1. The normalized spacial score (nSPS) is 10.6. The molecular weight excluding hydrogens is 306 g/mol. The number of phenols is 1. The molecule has 0 atom stereocenters. The Morgan fingerprint density at radius 1 is 0.520 bits per heavy atom. The molecule has 0 radical (unpaired) electrons. The lowest BCUT2D eigenvalue weighted by Crippen LogP contribution is -1.80. The summed E-state index contributed by atoms with van der Waals surface area (Å²) >= 11 is 0. The molecule has 120 valence electrons. The van der Waals surface area contributed by atoms with Gasteiger partial charge in [-0.3, -0.25) is 4.98 Å². The Kier molecular flexibility index (Phi) is 4.01. The molecule has 1 heterocycles. The minimum Gasteiger partial charge on any atom is -0.508 e. The van der Waals surface area contributed by atoms with Gasteiger partial charge in [0.05, 0.1) is 5.52 Å². The highest BCUT2D eigenvalue weighted by Gasteiger charge is 2.00. The number of pyridine rings is 1. The van der Waals surface area contributed by atoms with E-state index in [1.165, 1.54) is 26.9 Å². The van der Waals surface area contributed by atoms with Gasteiger partial charge in [0.25, 0.3) is 0 Å². The maximum Gasteiger partial charge on any atom is 0.115 e. The summed E-state index contributed by atoms with van der Waals surface area (Å²) in [5.41, 5.74) is 1.06. The second kappa shape index (κ2) is 6.62. The van der Waals surface area contributed by atoms with E-state index in [0.717, 1.165) is 5.52 Å². The number of rotatable bonds is 0. The van der Waals surface area contributed by atoms with Crippen molar-refractivity contribution >= 4 is 32.4 Å². The van der Waals surface area contributed by atoms with Gasteiger partial charge in [-0.2, -0.15) is 0 Å². The van der Waals surface area contributed by atoms with Crippen LogP contribution in [0.3, 0.4) is 0 Å². The van der Waals surface area contributed by atoms with E-state index >= 15 is 0 Å². The van der Waals surface area contributed by atoms with Crippen LogP contribution >= 0.6 is 0 Å². The zero-order valence-electron chi connectivity index (χ0n) is 13.6. The van der Waals surface area contributed by atoms with Gasteiger partial charge in [-0.1, -0.05) is 48.5 Å². The topological polar surface area (TPSA) is 33.1 Å². The van der Waals surface area contributed by atoms with Gasteiger partial charge >= 0.3 is 0 Å². The molecule has 0 unspecified atom stereocenters. The fourth-order valence-corrected chi connectivity index (χ4v) is 2.94. The Labute approximate surface area is 146 Å². The van der Waals surface area contributed by atoms with Crippen LogP contribution < -0.4 is 0 Å². The number of hydrogen-bond acceptors (Lipinski definition) is 2. The number of aromatic nitrogens is 1. The van der Waals surface area contributed by atoms with Gasteiger partial charge < -0.3 is 5.11 Å². The first-order valence-corrected chi connectivity index (χ1v) is 8.21.